The summed E-state index contributed by atoms with van der Waals surface area (Å²) in [7, 11) is 3.23. The predicted octanol–water partition coefficient (Wildman–Crippen LogP) is 3.85. The van der Waals surface area contributed by atoms with Gasteiger partial charge in [0.2, 0.25) is 5.91 Å². The van der Waals surface area contributed by atoms with Crippen molar-refractivity contribution in [1.29, 1.82) is 0 Å². The van der Waals surface area contributed by atoms with Crippen LogP contribution in [0.25, 0.3) is 0 Å². The third kappa shape index (κ3) is 6.43. The summed E-state index contributed by atoms with van der Waals surface area (Å²) in [6, 6.07) is 13.4. The van der Waals surface area contributed by atoms with Gasteiger partial charge in [0, 0.05) is 15.8 Å². The molecule has 0 unspecified atom stereocenters. The van der Waals surface area contributed by atoms with Crippen molar-refractivity contribution in [2.24, 2.45) is 5.10 Å². The number of nitrogens with one attached hydrogen (secondary N) is 1. The zero-order chi connectivity index (χ0) is 18.1. The Morgan fingerprint density at radius 2 is 1.96 bits per heavy atom. The lowest BCUT2D eigenvalue weighted by atomic mass is 10.2. The molecule has 0 aliphatic rings. The van der Waals surface area contributed by atoms with E-state index >= 15 is 0 Å². The molecule has 132 valence electrons. The van der Waals surface area contributed by atoms with Gasteiger partial charge in [-0.1, -0.05) is 28.1 Å². The van der Waals surface area contributed by atoms with E-state index in [1.54, 1.807) is 20.4 Å². The highest BCUT2D eigenvalue weighted by atomic mass is 79.9. The molecule has 0 aliphatic heterocycles. The van der Waals surface area contributed by atoms with Crippen LogP contribution in [0.2, 0.25) is 0 Å². The second-order valence-corrected chi connectivity index (χ2v) is 6.92. The van der Waals surface area contributed by atoms with E-state index in [9.17, 15) is 4.79 Å². The maximum atomic E-state index is 11.8. The van der Waals surface area contributed by atoms with E-state index in [1.165, 1.54) is 11.8 Å². The Morgan fingerprint density at radius 3 is 2.64 bits per heavy atom. The van der Waals surface area contributed by atoms with Gasteiger partial charge in [0.05, 0.1) is 26.2 Å². The van der Waals surface area contributed by atoms with Crippen molar-refractivity contribution in [3.63, 3.8) is 0 Å². The Labute approximate surface area is 159 Å². The molecule has 1 amide bonds. The first-order valence-corrected chi connectivity index (χ1v) is 9.43. The normalized spacial score (nSPS) is 10.7. The second-order valence-electron chi connectivity index (χ2n) is 5.02. The fourth-order valence-corrected chi connectivity index (χ4v) is 3.15. The Morgan fingerprint density at radius 1 is 1.20 bits per heavy atom. The summed E-state index contributed by atoms with van der Waals surface area (Å²) in [5.41, 5.74) is 4.45. The Bertz CT molecular complexity index is 736. The van der Waals surface area contributed by atoms with Crippen LogP contribution >= 0.6 is 27.7 Å². The fourth-order valence-electron chi connectivity index (χ4n) is 2.00. The van der Waals surface area contributed by atoms with Crippen LogP contribution in [0.5, 0.6) is 11.5 Å². The van der Waals surface area contributed by atoms with Crippen molar-refractivity contribution in [3.05, 3.63) is 58.1 Å². The molecule has 7 heteroatoms. The van der Waals surface area contributed by atoms with Crippen molar-refractivity contribution < 1.29 is 14.3 Å². The van der Waals surface area contributed by atoms with Gasteiger partial charge in [0.25, 0.3) is 0 Å². The van der Waals surface area contributed by atoms with Gasteiger partial charge in [-0.3, -0.25) is 4.79 Å². The molecule has 0 saturated carbocycles. The second kappa shape index (κ2) is 10.1. The Hall–Kier alpha value is -1.99. The lowest BCUT2D eigenvalue weighted by Crippen LogP contribution is -2.19. The maximum Gasteiger partial charge on any atom is 0.250 e. The van der Waals surface area contributed by atoms with Crippen LogP contribution in [0.4, 0.5) is 0 Å². The highest BCUT2D eigenvalue weighted by Gasteiger charge is 2.03. The number of thioether (sulfide) groups is 1. The summed E-state index contributed by atoms with van der Waals surface area (Å²) in [6.07, 6.45) is 1.57. The predicted molar refractivity (Wildman–Crippen MR) is 106 cm³/mol. The zero-order valence-electron chi connectivity index (χ0n) is 14.0. The highest BCUT2D eigenvalue weighted by molar-refractivity contribution is 9.10. The Balaban J connectivity index is 1.77. The molecule has 0 fully saturated rings. The molecule has 2 rings (SSSR count). The highest BCUT2D eigenvalue weighted by Crippen LogP contribution is 2.21. The summed E-state index contributed by atoms with van der Waals surface area (Å²) in [6.45, 7) is 0. The largest absolute Gasteiger partial charge is 0.497 e. The minimum Gasteiger partial charge on any atom is -0.497 e. The van der Waals surface area contributed by atoms with Gasteiger partial charge in [-0.15, -0.1) is 11.8 Å². The molecule has 0 bridgehead atoms. The van der Waals surface area contributed by atoms with E-state index in [4.69, 9.17) is 9.47 Å². The summed E-state index contributed by atoms with van der Waals surface area (Å²) < 4.78 is 11.3. The standard InChI is InChI=1S/C18H19BrN2O3S/c1-23-16-6-3-13(4-7-16)11-25-12-18(22)21-20-10-14-9-15(19)5-8-17(14)24-2/h3-10H,11-12H2,1-2H3,(H,21,22)/b20-10-. The topological polar surface area (TPSA) is 59.9 Å². The molecule has 0 spiro atoms. The molecule has 1 N–H and O–H groups in total. The number of hydrogen-bond acceptors (Lipinski definition) is 5. The van der Waals surface area contributed by atoms with Crippen LogP contribution in [-0.4, -0.2) is 32.1 Å². The molecule has 2 aromatic rings. The molecule has 25 heavy (non-hydrogen) atoms. The monoisotopic (exact) mass is 422 g/mol. The lowest BCUT2D eigenvalue weighted by Gasteiger charge is -2.05. The molecule has 0 saturated heterocycles. The van der Waals surface area contributed by atoms with Gasteiger partial charge in [0.15, 0.2) is 0 Å². The van der Waals surface area contributed by atoms with Gasteiger partial charge in [0.1, 0.15) is 11.5 Å². The number of hydrazone groups is 1. The first kappa shape index (κ1) is 19.3. The average molecular weight is 423 g/mol. The summed E-state index contributed by atoms with van der Waals surface area (Å²) >= 11 is 4.92. The Kier molecular flexibility index (Phi) is 7.81. The van der Waals surface area contributed by atoms with Crippen molar-refractivity contribution in [3.8, 4) is 11.5 Å². The third-order valence-corrected chi connectivity index (χ3v) is 4.74. The van der Waals surface area contributed by atoms with Crippen LogP contribution in [0, 0.1) is 0 Å². The van der Waals surface area contributed by atoms with Crippen molar-refractivity contribution in [1.82, 2.24) is 5.43 Å². The van der Waals surface area contributed by atoms with Crippen LogP contribution in [0.3, 0.4) is 0 Å². The molecule has 0 aliphatic carbocycles. The number of methoxy groups -OCH3 is 2. The smallest absolute Gasteiger partial charge is 0.250 e. The first-order valence-electron chi connectivity index (χ1n) is 7.48. The number of benzene rings is 2. The van der Waals surface area contributed by atoms with Gasteiger partial charge in [-0.25, -0.2) is 5.43 Å². The van der Waals surface area contributed by atoms with Gasteiger partial charge < -0.3 is 9.47 Å². The van der Waals surface area contributed by atoms with Gasteiger partial charge >= 0.3 is 0 Å². The summed E-state index contributed by atoms with van der Waals surface area (Å²) in [5, 5.41) is 3.98. The molecule has 0 atom stereocenters. The number of rotatable bonds is 8. The molecular weight excluding hydrogens is 404 g/mol. The molecule has 0 heterocycles. The van der Waals surface area contributed by atoms with Gasteiger partial charge in [-0.2, -0.15) is 5.10 Å². The van der Waals surface area contributed by atoms with Crippen LogP contribution in [0.15, 0.2) is 52.0 Å². The number of carbonyl (C=O) groups excluding carboxylic acids is 1. The maximum absolute atomic E-state index is 11.8. The number of hydrogen-bond donors (Lipinski definition) is 1. The van der Waals surface area contributed by atoms with Crippen LogP contribution in [0.1, 0.15) is 11.1 Å². The summed E-state index contributed by atoms with van der Waals surface area (Å²) in [4.78, 5) is 11.8. The van der Waals surface area contributed by atoms with E-state index in [0.717, 1.165) is 27.1 Å². The van der Waals surface area contributed by atoms with Crippen molar-refractivity contribution >= 4 is 39.8 Å². The minimum absolute atomic E-state index is 0.149. The average Bonchev–Trinajstić information content (AvgIpc) is 2.62. The van der Waals surface area contributed by atoms with Crippen LogP contribution in [-0.2, 0) is 10.5 Å². The van der Waals surface area contributed by atoms with E-state index in [2.05, 4.69) is 26.5 Å². The third-order valence-electron chi connectivity index (χ3n) is 3.25. The van der Waals surface area contributed by atoms with E-state index in [1.807, 2.05) is 42.5 Å². The van der Waals surface area contributed by atoms with Gasteiger partial charge in [-0.05, 0) is 35.9 Å². The number of halogens is 1. The van der Waals surface area contributed by atoms with E-state index in [0.29, 0.717) is 11.5 Å². The lowest BCUT2D eigenvalue weighted by molar-refractivity contribution is -0.118. The zero-order valence-corrected chi connectivity index (χ0v) is 16.4. The number of nitrogens with zero attached hydrogens (tertiary/aromatic N) is 1. The quantitative estimate of drug-likeness (QED) is 0.518. The number of ether oxygens (including phenoxy) is 2. The SMILES string of the molecule is COc1ccc(CSCC(=O)N/N=C\c2cc(Br)ccc2OC)cc1. The van der Waals surface area contributed by atoms with Crippen molar-refractivity contribution in [2.75, 3.05) is 20.0 Å². The van der Waals surface area contributed by atoms with E-state index in [-0.39, 0.29) is 5.91 Å². The number of carbonyl (C=O) groups is 1. The first-order chi connectivity index (χ1) is 12.1. The molecule has 5 nitrogen and oxygen atoms in total. The molecular formula is C18H19BrN2O3S. The molecule has 0 aromatic heterocycles. The molecule has 2 aromatic carbocycles. The van der Waals surface area contributed by atoms with Crippen LogP contribution < -0.4 is 14.9 Å². The van der Waals surface area contributed by atoms with Crippen molar-refractivity contribution in [2.45, 2.75) is 5.75 Å². The number of amides is 1. The molecule has 0 radical (unpaired) electrons. The minimum atomic E-state index is -0.149. The summed E-state index contributed by atoms with van der Waals surface area (Å²) in [5.74, 6) is 2.45. The van der Waals surface area contributed by atoms with E-state index < -0.39 is 0 Å². The fraction of sp³-hybridized carbons (Fsp3) is 0.222.